The van der Waals surface area contributed by atoms with Gasteiger partial charge in [0.2, 0.25) is 5.91 Å². The quantitative estimate of drug-likeness (QED) is 0.340. The molecule has 0 spiro atoms. The third kappa shape index (κ3) is 4.67. The first-order chi connectivity index (χ1) is 16.0. The Labute approximate surface area is 187 Å². The molecule has 2 amide bonds. The second kappa shape index (κ2) is 9.23. The number of para-hydroxylation sites is 1. The van der Waals surface area contributed by atoms with Crippen molar-refractivity contribution in [3.05, 3.63) is 64.3 Å². The number of benzene rings is 2. The molecule has 0 bridgehead atoms. The van der Waals surface area contributed by atoms with Crippen LogP contribution in [0.5, 0.6) is 0 Å². The molecule has 0 saturated heterocycles. The van der Waals surface area contributed by atoms with Crippen LogP contribution >= 0.6 is 0 Å². The molecule has 0 unspecified atom stereocenters. The van der Waals surface area contributed by atoms with Crippen LogP contribution in [0.25, 0.3) is 22.3 Å². The molecule has 0 aliphatic carbocycles. The molecule has 10 nitrogen and oxygen atoms in total. The van der Waals surface area contributed by atoms with Crippen molar-refractivity contribution in [1.29, 1.82) is 5.26 Å². The minimum atomic E-state index is -0.756. The number of amides is 2. The fourth-order valence-corrected chi connectivity index (χ4v) is 3.39. The Bertz CT molecular complexity index is 1440. The average molecular weight is 444 g/mol. The Hall–Kier alpha value is -4.65. The van der Waals surface area contributed by atoms with Crippen LogP contribution in [0.3, 0.4) is 0 Å². The molecule has 4 N–H and O–H groups in total. The van der Waals surface area contributed by atoms with Crippen LogP contribution in [0.4, 0.5) is 11.4 Å². The molecule has 166 valence electrons. The van der Waals surface area contributed by atoms with Crippen LogP contribution in [0.1, 0.15) is 42.2 Å². The van der Waals surface area contributed by atoms with E-state index in [1.54, 1.807) is 24.3 Å². The van der Waals surface area contributed by atoms with Crippen molar-refractivity contribution >= 4 is 34.1 Å². The number of carbonyl (C=O) groups is 2. The summed E-state index contributed by atoms with van der Waals surface area (Å²) in [6.07, 6.45) is 2.14. The molecular formula is C23H20N6O4. The number of unbranched alkanes of at least 4 members (excludes halogenated alkanes) is 1. The van der Waals surface area contributed by atoms with Crippen molar-refractivity contribution in [2.45, 2.75) is 26.2 Å². The SMILES string of the molecule is CCCCC(=O)Nc1cccc2cc(C(=O)Nc3ccc(C#N)cc3-c3noc(=O)[nH]3)[nH]c12. The molecule has 0 aliphatic heterocycles. The lowest BCUT2D eigenvalue weighted by atomic mass is 10.1. The zero-order chi connectivity index (χ0) is 23.4. The molecule has 2 heterocycles. The summed E-state index contributed by atoms with van der Waals surface area (Å²) in [5.74, 6) is -1.21. The van der Waals surface area contributed by atoms with Crippen LogP contribution in [0.15, 0.2) is 51.8 Å². The molecule has 4 aromatic rings. The van der Waals surface area contributed by atoms with Gasteiger partial charge in [0.05, 0.1) is 28.5 Å². The normalized spacial score (nSPS) is 10.7. The highest BCUT2D eigenvalue weighted by Gasteiger charge is 2.17. The summed E-state index contributed by atoms with van der Waals surface area (Å²) in [4.78, 5) is 42.0. The van der Waals surface area contributed by atoms with Crippen molar-refractivity contribution in [3.8, 4) is 17.5 Å². The molecule has 4 rings (SSSR count). The maximum absolute atomic E-state index is 13.0. The predicted octanol–water partition coefficient (Wildman–Crippen LogP) is 3.76. The van der Waals surface area contributed by atoms with Crippen molar-refractivity contribution in [2.24, 2.45) is 0 Å². The number of carbonyl (C=O) groups excluding carboxylic acids is 2. The molecule has 0 fully saturated rings. The second-order valence-corrected chi connectivity index (χ2v) is 7.37. The molecule has 2 aromatic carbocycles. The molecule has 0 aliphatic rings. The number of rotatable bonds is 7. The van der Waals surface area contributed by atoms with E-state index in [4.69, 9.17) is 0 Å². The highest BCUT2D eigenvalue weighted by atomic mass is 16.5. The Morgan fingerprint density at radius 2 is 1.97 bits per heavy atom. The monoisotopic (exact) mass is 444 g/mol. The number of anilines is 2. The van der Waals surface area contributed by atoms with E-state index < -0.39 is 11.7 Å². The average Bonchev–Trinajstić information content (AvgIpc) is 3.45. The summed E-state index contributed by atoms with van der Waals surface area (Å²) < 4.78 is 4.55. The molecule has 10 heteroatoms. The Balaban J connectivity index is 1.63. The summed E-state index contributed by atoms with van der Waals surface area (Å²) >= 11 is 0. The van der Waals surface area contributed by atoms with Gasteiger partial charge in [0, 0.05) is 17.4 Å². The van der Waals surface area contributed by atoms with Crippen molar-refractivity contribution in [2.75, 3.05) is 10.6 Å². The first-order valence-electron chi connectivity index (χ1n) is 10.3. The maximum Gasteiger partial charge on any atom is 0.439 e. The van der Waals surface area contributed by atoms with Crippen LogP contribution in [-0.2, 0) is 4.79 Å². The van der Waals surface area contributed by atoms with E-state index in [1.165, 1.54) is 12.1 Å². The number of hydrogen-bond donors (Lipinski definition) is 4. The van der Waals surface area contributed by atoms with E-state index in [0.29, 0.717) is 34.4 Å². The Morgan fingerprint density at radius 3 is 2.70 bits per heavy atom. The van der Waals surface area contributed by atoms with E-state index in [-0.39, 0.29) is 17.4 Å². The summed E-state index contributed by atoms with van der Waals surface area (Å²) in [6, 6.07) is 13.6. The zero-order valence-electron chi connectivity index (χ0n) is 17.7. The third-order valence-electron chi connectivity index (χ3n) is 5.02. The predicted molar refractivity (Wildman–Crippen MR) is 122 cm³/mol. The van der Waals surface area contributed by atoms with E-state index in [9.17, 15) is 19.6 Å². The number of fused-ring (bicyclic) bond motifs is 1. The Kier molecular flexibility index (Phi) is 6.04. The first-order valence-corrected chi connectivity index (χ1v) is 10.3. The van der Waals surface area contributed by atoms with Crippen LogP contribution in [0.2, 0.25) is 0 Å². The lowest BCUT2D eigenvalue weighted by molar-refractivity contribution is -0.116. The topological polar surface area (TPSA) is 157 Å². The van der Waals surface area contributed by atoms with Gasteiger partial charge in [0.25, 0.3) is 5.91 Å². The summed E-state index contributed by atoms with van der Waals surface area (Å²) in [5.41, 5.74) is 2.47. The summed E-state index contributed by atoms with van der Waals surface area (Å²) in [7, 11) is 0. The van der Waals surface area contributed by atoms with Gasteiger partial charge >= 0.3 is 5.76 Å². The van der Waals surface area contributed by atoms with Gasteiger partial charge in [-0.15, -0.1) is 0 Å². The van der Waals surface area contributed by atoms with Crippen LogP contribution < -0.4 is 16.4 Å². The van der Waals surface area contributed by atoms with Crippen LogP contribution in [0, 0.1) is 11.3 Å². The van der Waals surface area contributed by atoms with Gasteiger partial charge in [0.1, 0.15) is 5.69 Å². The molecule has 2 aromatic heterocycles. The van der Waals surface area contributed by atoms with Gasteiger partial charge in [0.15, 0.2) is 5.82 Å². The fourth-order valence-electron chi connectivity index (χ4n) is 3.39. The van der Waals surface area contributed by atoms with Gasteiger partial charge < -0.3 is 15.6 Å². The van der Waals surface area contributed by atoms with Gasteiger partial charge in [-0.1, -0.05) is 30.6 Å². The van der Waals surface area contributed by atoms with Crippen molar-refractivity contribution in [1.82, 2.24) is 15.1 Å². The lowest BCUT2D eigenvalue weighted by Gasteiger charge is -2.09. The smallest absolute Gasteiger partial charge is 0.349 e. The van der Waals surface area contributed by atoms with E-state index >= 15 is 0 Å². The number of nitriles is 1. The molecule has 0 radical (unpaired) electrons. The summed E-state index contributed by atoms with van der Waals surface area (Å²) in [5, 5.41) is 19.2. The highest BCUT2D eigenvalue weighted by Crippen LogP contribution is 2.28. The van der Waals surface area contributed by atoms with E-state index in [2.05, 4.69) is 30.3 Å². The van der Waals surface area contributed by atoms with E-state index in [1.807, 2.05) is 19.1 Å². The number of aromatic amines is 2. The molecule has 33 heavy (non-hydrogen) atoms. The highest BCUT2D eigenvalue weighted by molar-refractivity contribution is 6.09. The summed E-state index contributed by atoms with van der Waals surface area (Å²) in [6.45, 7) is 2.02. The maximum atomic E-state index is 13.0. The van der Waals surface area contributed by atoms with Crippen molar-refractivity contribution in [3.63, 3.8) is 0 Å². The first kappa shape index (κ1) is 21.6. The minimum Gasteiger partial charge on any atom is -0.349 e. The zero-order valence-corrected chi connectivity index (χ0v) is 17.7. The van der Waals surface area contributed by atoms with Crippen LogP contribution in [-0.4, -0.2) is 26.9 Å². The van der Waals surface area contributed by atoms with Gasteiger partial charge in [-0.2, -0.15) is 5.26 Å². The van der Waals surface area contributed by atoms with Gasteiger partial charge in [-0.25, -0.2) is 4.79 Å². The van der Waals surface area contributed by atoms with Gasteiger partial charge in [-0.05, 0) is 36.8 Å². The number of aromatic nitrogens is 3. The fraction of sp³-hybridized carbons (Fsp3) is 0.174. The molecular weight excluding hydrogens is 424 g/mol. The third-order valence-corrected chi connectivity index (χ3v) is 5.02. The number of hydrogen-bond acceptors (Lipinski definition) is 6. The second-order valence-electron chi connectivity index (χ2n) is 7.37. The minimum absolute atomic E-state index is 0.0844. The van der Waals surface area contributed by atoms with E-state index in [0.717, 1.165) is 18.2 Å². The van der Waals surface area contributed by atoms with Crippen molar-refractivity contribution < 1.29 is 14.1 Å². The number of nitrogens with one attached hydrogen (secondary N) is 4. The standard InChI is InChI=1S/C23H20N6O4/c1-2-3-7-19(30)25-17-6-4-5-14-11-18(26-20(14)17)22(31)27-16-9-8-13(12-24)10-15(16)21-28-23(32)33-29-21/h4-6,8-11,26H,2-3,7H2,1H3,(H,25,30)(H,27,31)(H,28,29,32). The number of nitrogens with zero attached hydrogens (tertiary/aromatic N) is 2. The lowest BCUT2D eigenvalue weighted by Crippen LogP contribution is -2.13. The largest absolute Gasteiger partial charge is 0.439 e. The van der Waals surface area contributed by atoms with Gasteiger partial charge in [-0.3, -0.25) is 19.1 Å². The number of H-pyrrole nitrogens is 2. The molecule has 0 saturated carbocycles. The Morgan fingerprint density at radius 1 is 1.12 bits per heavy atom. The molecule has 0 atom stereocenters.